The Morgan fingerprint density at radius 1 is 0.949 bits per heavy atom. The van der Waals surface area contributed by atoms with Gasteiger partial charge in [0, 0.05) is 35.6 Å². The van der Waals surface area contributed by atoms with Gasteiger partial charge in [0.15, 0.2) is 5.11 Å². The molecular formula is C30H27Cl3N4OS. The van der Waals surface area contributed by atoms with Crippen LogP contribution < -0.4 is 15.1 Å². The van der Waals surface area contributed by atoms with Crippen molar-refractivity contribution in [2.24, 2.45) is 5.92 Å². The summed E-state index contributed by atoms with van der Waals surface area (Å²) in [4.78, 5) is 9.06. The number of nitrogens with zero attached hydrogens (tertiary/aromatic N) is 3. The Balaban J connectivity index is 1.38. The van der Waals surface area contributed by atoms with Crippen LogP contribution in [0.1, 0.15) is 43.3 Å². The number of nitrogens with one attached hydrogen (secondary N) is 1. The fourth-order valence-corrected chi connectivity index (χ4v) is 6.56. The summed E-state index contributed by atoms with van der Waals surface area (Å²) >= 11 is 25.4. The number of pyridine rings is 1. The quantitative estimate of drug-likeness (QED) is 0.232. The van der Waals surface area contributed by atoms with Crippen molar-refractivity contribution in [3.63, 3.8) is 0 Å². The van der Waals surface area contributed by atoms with E-state index in [2.05, 4.69) is 39.2 Å². The fourth-order valence-electron chi connectivity index (χ4n) is 5.42. The number of piperidine rings is 1. The zero-order valence-corrected chi connectivity index (χ0v) is 24.4. The topological polar surface area (TPSA) is 44.5 Å². The van der Waals surface area contributed by atoms with E-state index in [1.54, 1.807) is 18.3 Å². The summed E-state index contributed by atoms with van der Waals surface area (Å²) in [6.45, 7) is 4.33. The summed E-state index contributed by atoms with van der Waals surface area (Å²) in [7, 11) is 0. The minimum absolute atomic E-state index is 0.236. The third kappa shape index (κ3) is 5.23. The molecule has 2 saturated heterocycles. The number of benzene rings is 2. The van der Waals surface area contributed by atoms with Gasteiger partial charge < -0.3 is 19.5 Å². The van der Waals surface area contributed by atoms with Crippen LogP contribution in [-0.4, -0.2) is 23.2 Å². The van der Waals surface area contributed by atoms with Gasteiger partial charge in [-0.2, -0.15) is 0 Å². The molecule has 5 nitrogen and oxygen atoms in total. The first-order valence-electron chi connectivity index (χ1n) is 13.0. The first-order valence-corrected chi connectivity index (χ1v) is 14.5. The van der Waals surface area contributed by atoms with Crippen molar-refractivity contribution in [3.05, 3.63) is 99.4 Å². The largest absolute Gasteiger partial charge is 0.459 e. The molecule has 2 aliphatic rings. The predicted molar refractivity (Wildman–Crippen MR) is 164 cm³/mol. The number of halogens is 3. The molecule has 2 fully saturated rings. The van der Waals surface area contributed by atoms with Gasteiger partial charge in [0.25, 0.3) is 0 Å². The maximum atomic E-state index is 6.89. The molecule has 39 heavy (non-hydrogen) atoms. The molecular weight excluding hydrogens is 571 g/mol. The number of hydrogen-bond donors (Lipinski definition) is 1. The van der Waals surface area contributed by atoms with E-state index >= 15 is 0 Å². The maximum Gasteiger partial charge on any atom is 0.174 e. The minimum Gasteiger partial charge on any atom is -0.459 e. The Bertz CT molecular complexity index is 1500. The van der Waals surface area contributed by atoms with Crippen LogP contribution in [0.5, 0.6) is 0 Å². The van der Waals surface area contributed by atoms with Crippen LogP contribution in [0.2, 0.25) is 15.1 Å². The summed E-state index contributed by atoms with van der Waals surface area (Å²) in [5, 5.41) is 5.85. The molecule has 2 aliphatic heterocycles. The van der Waals surface area contributed by atoms with Gasteiger partial charge in [0.05, 0.1) is 27.5 Å². The van der Waals surface area contributed by atoms with E-state index < -0.39 is 0 Å². The van der Waals surface area contributed by atoms with Crippen LogP contribution in [0.15, 0.2) is 77.3 Å². The molecule has 2 aromatic carbocycles. The molecule has 2 atom stereocenters. The summed E-state index contributed by atoms with van der Waals surface area (Å²) in [5.74, 6) is 2.12. The van der Waals surface area contributed by atoms with Gasteiger partial charge in [-0.3, -0.25) is 4.98 Å². The van der Waals surface area contributed by atoms with E-state index in [0.29, 0.717) is 25.9 Å². The molecule has 4 aromatic rings. The van der Waals surface area contributed by atoms with Crippen molar-refractivity contribution < 1.29 is 4.42 Å². The highest BCUT2D eigenvalue weighted by Gasteiger charge is 2.43. The molecule has 2 aromatic heterocycles. The van der Waals surface area contributed by atoms with Crippen molar-refractivity contribution >= 4 is 63.5 Å². The molecule has 200 valence electrons. The molecule has 0 amide bonds. The minimum atomic E-state index is -0.301. The standard InChI is InChI=1S/C30H27Cl3N4OS/c1-18-11-14-36(15-12-18)25-8-6-20(17-23(25)33)37-29(28(35-30(37)39)24-4-2-3-13-34-24)27-10-9-26(38-27)21-7-5-19(31)16-22(21)32/h2-10,13,16-18,28-29H,11-12,14-15H2,1H3,(H,35,39)/t28-,29-/m1/s1. The average molecular weight is 598 g/mol. The highest BCUT2D eigenvalue weighted by molar-refractivity contribution is 7.80. The van der Waals surface area contributed by atoms with Gasteiger partial charge in [0.1, 0.15) is 17.6 Å². The van der Waals surface area contributed by atoms with Crippen molar-refractivity contribution in [1.29, 1.82) is 0 Å². The number of anilines is 2. The van der Waals surface area contributed by atoms with E-state index in [1.165, 1.54) is 12.8 Å². The zero-order valence-electron chi connectivity index (χ0n) is 21.3. The molecule has 0 aliphatic carbocycles. The number of aromatic nitrogens is 1. The number of hydrogen-bond acceptors (Lipinski definition) is 4. The highest BCUT2D eigenvalue weighted by atomic mass is 35.5. The molecule has 0 radical (unpaired) electrons. The summed E-state index contributed by atoms with van der Waals surface area (Å²) in [6, 6.07) is 20.8. The lowest BCUT2D eigenvalue weighted by molar-refractivity contribution is 0.438. The first-order chi connectivity index (χ1) is 18.9. The average Bonchev–Trinajstić information content (AvgIpc) is 3.54. The molecule has 6 rings (SSSR count). The van der Waals surface area contributed by atoms with Gasteiger partial charge in [-0.1, -0.05) is 47.8 Å². The van der Waals surface area contributed by atoms with Crippen molar-refractivity contribution in [2.75, 3.05) is 22.9 Å². The lowest BCUT2D eigenvalue weighted by Crippen LogP contribution is -2.33. The van der Waals surface area contributed by atoms with Crippen LogP contribution >= 0.6 is 47.0 Å². The summed E-state index contributed by atoms with van der Waals surface area (Å²) in [5.41, 5.74) is 3.57. The number of thiocarbonyl (C=S) groups is 1. The molecule has 0 saturated carbocycles. The van der Waals surface area contributed by atoms with Gasteiger partial charge in [-0.25, -0.2) is 0 Å². The maximum absolute atomic E-state index is 6.89. The van der Waals surface area contributed by atoms with E-state index in [9.17, 15) is 0 Å². The van der Waals surface area contributed by atoms with Crippen LogP contribution in [0.4, 0.5) is 11.4 Å². The second kappa shape index (κ2) is 11.0. The van der Waals surface area contributed by atoms with Crippen LogP contribution in [0.3, 0.4) is 0 Å². The normalized spacial score (nSPS) is 19.9. The first kappa shape index (κ1) is 26.5. The fraction of sp³-hybridized carbons (Fsp3) is 0.267. The Labute approximate surface area is 248 Å². The Morgan fingerprint density at radius 2 is 1.77 bits per heavy atom. The molecule has 0 spiro atoms. The lowest BCUT2D eigenvalue weighted by atomic mass is 9.98. The number of furan rings is 1. The van der Waals surface area contributed by atoms with E-state index in [0.717, 1.165) is 47.4 Å². The van der Waals surface area contributed by atoms with Gasteiger partial charge >= 0.3 is 0 Å². The van der Waals surface area contributed by atoms with Gasteiger partial charge in [0.2, 0.25) is 0 Å². The molecule has 9 heteroatoms. The smallest absolute Gasteiger partial charge is 0.174 e. The summed E-state index contributed by atoms with van der Waals surface area (Å²) < 4.78 is 6.45. The van der Waals surface area contributed by atoms with E-state index in [1.807, 2.05) is 42.5 Å². The molecule has 4 heterocycles. The lowest BCUT2D eigenvalue weighted by Gasteiger charge is -2.33. The van der Waals surface area contributed by atoms with E-state index in [-0.39, 0.29) is 12.1 Å². The number of rotatable bonds is 5. The molecule has 0 unspecified atom stereocenters. The van der Waals surface area contributed by atoms with Crippen LogP contribution in [-0.2, 0) is 0 Å². The van der Waals surface area contributed by atoms with E-state index in [4.69, 9.17) is 51.4 Å². The summed E-state index contributed by atoms with van der Waals surface area (Å²) in [6.07, 6.45) is 4.13. The predicted octanol–water partition coefficient (Wildman–Crippen LogP) is 8.72. The van der Waals surface area contributed by atoms with Crippen LogP contribution in [0, 0.1) is 5.92 Å². The van der Waals surface area contributed by atoms with Crippen molar-refractivity contribution in [3.8, 4) is 11.3 Å². The monoisotopic (exact) mass is 596 g/mol. The molecule has 1 N–H and O–H groups in total. The van der Waals surface area contributed by atoms with Crippen LogP contribution in [0.25, 0.3) is 11.3 Å². The van der Waals surface area contributed by atoms with Gasteiger partial charge in [-0.05, 0) is 91.6 Å². The molecule has 0 bridgehead atoms. The van der Waals surface area contributed by atoms with Gasteiger partial charge in [-0.15, -0.1) is 0 Å². The second-order valence-corrected chi connectivity index (χ2v) is 11.8. The Morgan fingerprint density at radius 3 is 2.49 bits per heavy atom. The SMILES string of the molecule is CC1CCN(c2ccc(N3C(=S)N[C@H](c4ccccn4)[C@H]3c3ccc(-c4ccc(Cl)cc4Cl)o3)cc2Cl)CC1. The van der Waals surface area contributed by atoms with Crippen molar-refractivity contribution in [1.82, 2.24) is 10.3 Å². The third-order valence-electron chi connectivity index (χ3n) is 7.55. The Hall–Kier alpha value is -2.77. The Kier molecular flexibility index (Phi) is 7.47. The van der Waals surface area contributed by atoms with Crippen molar-refractivity contribution in [2.45, 2.75) is 31.8 Å². The third-order valence-corrected chi connectivity index (χ3v) is 8.71. The second-order valence-electron chi connectivity index (χ2n) is 10.1. The zero-order chi connectivity index (χ0) is 27.1. The highest BCUT2D eigenvalue weighted by Crippen LogP contribution is 2.45.